The second-order valence-electron chi connectivity index (χ2n) is 2.00. The molecule has 0 bridgehead atoms. The van der Waals surface area contributed by atoms with Crippen LogP contribution in [0.2, 0.25) is 0 Å². The van der Waals surface area contributed by atoms with E-state index in [2.05, 4.69) is 30.6 Å². The van der Waals surface area contributed by atoms with Gasteiger partial charge in [-0.3, -0.25) is 0 Å². The van der Waals surface area contributed by atoms with Crippen molar-refractivity contribution in [1.82, 2.24) is 0 Å². The quantitative estimate of drug-likeness (QED) is 0.536. The summed E-state index contributed by atoms with van der Waals surface area (Å²) in [6.45, 7) is 3.69. The van der Waals surface area contributed by atoms with Gasteiger partial charge < -0.3 is 5.11 Å². The number of hydrogen-bond donors (Lipinski definition) is 1. The Kier molecular flexibility index (Phi) is 5.63. The maximum absolute atomic E-state index is 8.67. The van der Waals surface area contributed by atoms with Crippen LogP contribution in [0.4, 0.5) is 0 Å². The first-order valence-electron chi connectivity index (χ1n) is 3.43. The van der Waals surface area contributed by atoms with Crippen molar-refractivity contribution < 1.29 is 5.11 Å². The van der Waals surface area contributed by atoms with Crippen molar-refractivity contribution in [2.45, 2.75) is 32.8 Å². The zero-order valence-corrected chi connectivity index (χ0v) is 6.44. The van der Waals surface area contributed by atoms with Crippen molar-refractivity contribution >= 4 is 0 Å². The van der Waals surface area contributed by atoms with Gasteiger partial charge in [-0.05, 0) is 25.2 Å². The Balaban J connectivity index is 3.56. The van der Waals surface area contributed by atoms with E-state index in [1.807, 2.05) is 0 Å². The molecule has 10 heavy (non-hydrogen) atoms. The Hall–Kier alpha value is -0.920. The van der Waals surface area contributed by atoms with E-state index in [0.29, 0.717) is 0 Å². The van der Waals surface area contributed by atoms with Gasteiger partial charge >= 0.3 is 0 Å². The predicted octanol–water partition coefficient (Wildman–Crippen LogP) is 1.17. The summed E-state index contributed by atoms with van der Waals surface area (Å²) in [4.78, 5) is 0. The van der Waals surface area contributed by atoms with Crippen LogP contribution in [0.1, 0.15) is 26.7 Å². The molecule has 0 amide bonds. The molecule has 0 radical (unpaired) electrons. The third-order valence-electron chi connectivity index (χ3n) is 0.807. The lowest BCUT2D eigenvalue weighted by atomic mass is 10.3. The van der Waals surface area contributed by atoms with Crippen molar-refractivity contribution in [2.75, 3.05) is 0 Å². The Morgan fingerprint density at radius 3 is 2.60 bits per heavy atom. The molecule has 1 nitrogen and oxygen atoms in total. The van der Waals surface area contributed by atoms with Crippen LogP contribution in [0, 0.1) is 23.7 Å². The monoisotopic (exact) mass is 136 g/mol. The largest absolute Gasteiger partial charge is 0.381 e. The van der Waals surface area contributed by atoms with E-state index in [9.17, 15) is 0 Å². The molecule has 0 saturated carbocycles. The van der Waals surface area contributed by atoms with E-state index in [0.717, 1.165) is 12.8 Å². The van der Waals surface area contributed by atoms with Gasteiger partial charge in [0.05, 0.1) is 0 Å². The van der Waals surface area contributed by atoms with Crippen LogP contribution in [-0.2, 0) is 0 Å². The van der Waals surface area contributed by atoms with E-state index in [1.54, 1.807) is 6.92 Å². The number of aliphatic hydroxyl groups is 1. The number of unbranched alkanes of at least 4 members (excludes halogenated alkanes) is 1. The average molecular weight is 136 g/mol. The zero-order valence-electron chi connectivity index (χ0n) is 6.44. The van der Waals surface area contributed by atoms with Crippen molar-refractivity contribution in [3.63, 3.8) is 0 Å². The standard InChI is InChI=1S/C9H12O/c1-3-4-5-6-7-8-9(2)10/h9-10H,3-4H2,1-2H3/t9-/m0/s1. The van der Waals surface area contributed by atoms with Gasteiger partial charge in [-0.15, -0.1) is 0 Å². The van der Waals surface area contributed by atoms with Gasteiger partial charge in [0.25, 0.3) is 0 Å². The summed E-state index contributed by atoms with van der Waals surface area (Å²) in [7, 11) is 0. The molecular weight excluding hydrogens is 124 g/mol. The highest BCUT2D eigenvalue weighted by molar-refractivity contribution is 5.26. The minimum Gasteiger partial charge on any atom is -0.381 e. The van der Waals surface area contributed by atoms with Crippen LogP contribution in [-0.4, -0.2) is 11.2 Å². The fourth-order valence-corrected chi connectivity index (χ4v) is 0.372. The van der Waals surface area contributed by atoms with Gasteiger partial charge in [0, 0.05) is 6.42 Å². The smallest absolute Gasteiger partial charge is 0.112 e. The Bertz CT molecular complexity index is 182. The Morgan fingerprint density at radius 1 is 1.40 bits per heavy atom. The lowest BCUT2D eigenvalue weighted by Gasteiger charge is -1.82. The highest BCUT2D eigenvalue weighted by atomic mass is 16.3. The van der Waals surface area contributed by atoms with E-state index in [4.69, 9.17) is 5.11 Å². The van der Waals surface area contributed by atoms with Crippen LogP contribution in [0.15, 0.2) is 0 Å². The SMILES string of the molecule is CCCC#CC#C[C@H](C)O. The Morgan fingerprint density at radius 2 is 2.10 bits per heavy atom. The van der Waals surface area contributed by atoms with Crippen LogP contribution in [0.25, 0.3) is 0 Å². The lowest BCUT2D eigenvalue weighted by molar-refractivity contribution is 0.253. The van der Waals surface area contributed by atoms with Crippen LogP contribution < -0.4 is 0 Å². The highest BCUT2D eigenvalue weighted by Gasteiger charge is 1.78. The molecule has 0 aliphatic heterocycles. The first kappa shape index (κ1) is 9.08. The van der Waals surface area contributed by atoms with Crippen LogP contribution >= 0.6 is 0 Å². The second-order valence-corrected chi connectivity index (χ2v) is 2.00. The Labute approximate surface area is 62.5 Å². The molecular formula is C9H12O. The molecule has 0 aliphatic carbocycles. The van der Waals surface area contributed by atoms with Gasteiger partial charge in [-0.2, -0.15) is 0 Å². The molecule has 0 heterocycles. The fourth-order valence-electron chi connectivity index (χ4n) is 0.372. The van der Waals surface area contributed by atoms with Gasteiger partial charge in [-0.25, -0.2) is 0 Å². The highest BCUT2D eigenvalue weighted by Crippen LogP contribution is 1.79. The van der Waals surface area contributed by atoms with E-state index < -0.39 is 6.10 Å². The number of rotatable bonds is 1. The molecule has 1 heteroatoms. The van der Waals surface area contributed by atoms with Crippen molar-refractivity contribution in [3.05, 3.63) is 0 Å². The van der Waals surface area contributed by atoms with Crippen molar-refractivity contribution in [2.24, 2.45) is 0 Å². The van der Waals surface area contributed by atoms with Gasteiger partial charge in [0.15, 0.2) is 0 Å². The second kappa shape index (κ2) is 6.20. The first-order valence-corrected chi connectivity index (χ1v) is 3.43. The zero-order chi connectivity index (χ0) is 7.82. The lowest BCUT2D eigenvalue weighted by Crippen LogP contribution is -1.91. The molecule has 1 N–H and O–H groups in total. The topological polar surface area (TPSA) is 20.2 Å². The minimum atomic E-state index is -0.559. The minimum absolute atomic E-state index is 0.559. The van der Waals surface area contributed by atoms with Crippen LogP contribution in [0.3, 0.4) is 0 Å². The molecule has 54 valence electrons. The van der Waals surface area contributed by atoms with Crippen molar-refractivity contribution in [1.29, 1.82) is 0 Å². The number of hydrogen-bond acceptors (Lipinski definition) is 1. The summed E-state index contributed by atoms with van der Waals surface area (Å²) < 4.78 is 0. The van der Waals surface area contributed by atoms with E-state index >= 15 is 0 Å². The first-order chi connectivity index (χ1) is 4.77. The molecule has 0 aromatic rings. The molecule has 0 rings (SSSR count). The maximum atomic E-state index is 8.67. The molecule has 1 atom stereocenters. The van der Waals surface area contributed by atoms with Gasteiger partial charge in [-0.1, -0.05) is 18.8 Å². The summed E-state index contributed by atoms with van der Waals surface area (Å²) in [5.74, 6) is 10.6. The molecule has 0 fully saturated rings. The van der Waals surface area contributed by atoms with E-state index in [1.165, 1.54) is 0 Å². The normalized spacial score (nSPS) is 10.3. The number of aliphatic hydroxyl groups excluding tert-OH is 1. The van der Waals surface area contributed by atoms with Gasteiger partial charge in [0.2, 0.25) is 0 Å². The molecule has 0 aromatic heterocycles. The summed E-state index contributed by atoms with van der Waals surface area (Å²) in [6, 6.07) is 0. The van der Waals surface area contributed by atoms with Crippen molar-refractivity contribution in [3.8, 4) is 23.7 Å². The molecule has 0 saturated heterocycles. The summed E-state index contributed by atoms with van der Waals surface area (Å²) in [5, 5.41) is 8.67. The molecule has 0 aromatic carbocycles. The summed E-state index contributed by atoms with van der Waals surface area (Å²) >= 11 is 0. The van der Waals surface area contributed by atoms with E-state index in [-0.39, 0.29) is 0 Å². The average Bonchev–Trinajstić information content (AvgIpc) is 1.87. The summed E-state index contributed by atoms with van der Waals surface area (Å²) in [6.07, 6.45) is 1.38. The molecule has 0 spiro atoms. The molecule has 0 unspecified atom stereocenters. The van der Waals surface area contributed by atoms with Crippen LogP contribution in [0.5, 0.6) is 0 Å². The third kappa shape index (κ3) is 7.08. The molecule has 0 aliphatic rings. The fraction of sp³-hybridized carbons (Fsp3) is 0.556. The van der Waals surface area contributed by atoms with Gasteiger partial charge in [0.1, 0.15) is 6.10 Å². The summed E-state index contributed by atoms with van der Waals surface area (Å²) in [5.41, 5.74) is 0. The maximum Gasteiger partial charge on any atom is 0.112 e. The predicted molar refractivity (Wildman–Crippen MR) is 42.1 cm³/mol. The third-order valence-corrected chi connectivity index (χ3v) is 0.807.